The fourth-order valence-electron chi connectivity index (χ4n) is 3.83. The van der Waals surface area contributed by atoms with E-state index in [-0.39, 0.29) is 0 Å². The topological polar surface area (TPSA) is 59.0 Å². The van der Waals surface area contributed by atoms with Gasteiger partial charge < -0.3 is 20.4 Å². The molecule has 1 unspecified atom stereocenters. The Morgan fingerprint density at radius 1 is 1.21 bits per heavy atom. The molecular weight excluding hydrogens is 374 g/mol. The van der Waals surface area contributed by atoms with E-state index in [2.05, 4.69) is 44.2 Å². The third kappa shape index (κ3) is 5.96. The molecule has 2 aliphatic rings. The minimum atomic E-state index is 0.351. The average Bonchev–Trinajstić information content (AvgIpc) is 3.17. The molecule has 0 spiro atoms. The molecule has 0 amide bonds. The second-order valence-electron chi connectivity index (χ2n) is 7.42. The number of pyridine rings is 1. The number of guanidine groups is 1. The quantitative estimate of drug-likeness (QED) is 0.527. The molecule has 0 aromatic carbocycles. The summed E-state index contributed by atoms with van der Waals surface area (Å²) >= 11 is 6.30. The van der Waals surface area contributed by atoms with Crippen molar-refractivity contribution in [2.45, 2.75) is 26.3 Å². The van der Waals surface area contributed by atoms with Crippen LogP contribution < -0.4 is 15.5 Å². The van der Waals surface area contributed by atoms with Gasteiger partial charge in [-0.05, 0) is 32.0 Å². The fraction of sp³-hybridized carbons (Fsp3) is 0.700. The number of anilines is 1. The third-order valence-electron chi connectivity index (χ3n) is 5.51. The van der Waals surface area contributed by atoms with E-state index in [9.17, 15) is 0 Å². The Morgan fingerprint density at radius 3 is 2.71 bits per heavy atom. The molecule has 156 valence electrons. The molecule has 0 saturated carbocycles. The lowest BCUT2D eigenvalue weighted by atomic mass is 10.3. The summed E-state index contributed by atoms with van der Waals surface area (Å²) in [7, 11) is 0. The Bertz CT molecular complexity index is 631. The predicted octanol–water partition coefficient (Wildman–Crippen LogP) is 1.51. The summed E-state index contributed by atoms with van der Waals surface area (Å²) in [4.78, 5) is 16.5. The van der Waals surface area contributed by atoms with Crippen LogP contribution in [0.1, 0.15) is 20.3 Å². The van der Waals surface area contributed by atoms with Gasteiger partial charge in [0, 0.05) is 64.6 Å². The number of hydrogen-bond donors (Lipinski definition) is 2. The van der Waals surface area contributed by atoms with Crippen LogP contribution >= 0.6 is 11.6 Å². The van der Waals surface area contributed by atoms with E-state index in [1.807, 2.05) is 12.1 Å². The maximum atomic E-state index is 6.30. The second kappa shape index (κ2) is 10.8. The van der Waals surface area contributed by atoms with Crippen molar-refractivity contribution in [2.24, 2.45) is 4.99 Å². The number of halogens is 1. The van der Waals surface area contributed by atoms with Crippen LogP contribution in [0.3, 0.4) is 0 Å². The summed E-state index contributed by atoms with van der Waals surface area (Å²) in [6.07, 6.45) is 2.85. The Morgan fingerprint density at radius 2 is 2.00 bits per heavy atom. The van der Waals surface area contributed by atoms with Gasteiger partial charge in [0.15, 0.2) is 5.96 Å². The standard InChI is InChI=1S/C20H34ClN7/c1-3-22-20(24-9-11-27-14-12-26(4-2)13-15-27)25-17-7-10-28(16-17)19-18(21)6-5-8-23-19/h5-6,8,17H,3-4,7,9-16H2,1-2H3,(H2,22,24,25). The Kier molecular flexibility index (Phi) is 8.18. The molecule has 28 heavy (non-hydrogen) atoms. The SMILES string of the molecule is CCNC(=NCCN1CCN(CC)CC1)NC1CCN(c2ncccc2Cl)C1. The molecular formula is C20H34ClN7. The number of nitrogens with one attached hydrogen (secondary N) is 2. The molecule has 1 aromatic heterocycles. The van der Waals surface area contributed by atoms with Gasteiger partial charge in [0.1, 0.15) is 5.82 Å². The number of piperazine rings is 1. The number of nitrogens with zero attached hydrogens (tertiary/aromatic N) is 5. The maximum absolute atomic E-state index is 6.30. The zero-order chi connectivity index (χ0) is 19.8. The molecule has 1 atom stereocenters. The highest BCUT2D eigenvalue weighted by atomic mass is 35.5. The van der Waals surface area contributed by atoms with E-state index in [1.54, 1.807) is 6.20 Å². The van der Waals surface area contributed by atoms with Gasteiger partial charge in [-0.1, -0.05) is 18.5 Å². The van der Waals surface area contributed by atoms with Crippen molar-refractivity contribution < 1.29 is 0 Å². The van der Waals surface area contributed by atoms with E-state index in [1.165, 1.54) is 13.1 Å². The van der Waals surface area contributed by atoms with E-state index < -0.39 is 0 Å². The van der Waals surface area contributed by atoms with Crippen molar-refractivity contribution in [3.63, 3.8) is 0 Å². The first-order chi connectivity index (χ1) is 13.7. The summed E-state index contributed by atoms with van der Waals surface area (Å²) in [5.41, 5.74) is 0. The van der Waals surface area contributed by atoms with Crippen molar-refractivity contribution in [1.82, 2.24) is 25.4 Å². The Labute approximate surface area is 174 Å². The predicted molar refractivity (Wildman–Crippen MR) is 118 cm³/mol. The van der Waals surface area contributed by atoms with Crippen LogP contribution in [0.25, 0.3) is 0 Å². The van der Waals surface area contributed by atoms with Gasteiger partial charge in [-0.25, -0.2) is 4.98 Å². The van der Waals surface area contributed by atoms with Crippen LogP contribution in [0, 0.1) is 0 Å². The molecule has 1 aromatic rings. The zero-order valence-corrected chi connectivity index (χ0v) is 18.0. The highest BCUT2D eigenvalue weighted by molar-refractivity contribution is 6.32. The summed E-state index contributed by atoms with van der Waals surface area (Å²) in [6.45, 7) is 14.7. The fourth-order valence-corrected chi connectivity index (χ4v) is 4.07. The van der Waals surface area contributed by atoms with Crippen molar-refractivity contribution in [1.29, 1.82) is 0 Å². The van der Waals surface area contributed by atoms with Gasteiger partial charge in [-0.3, -0.25) is 9.89 Å². The van der Waals surface area contributed by atoms with E-state index in [4.69, 9.17) is 16.6 Å². The largest absolute Gasteiger partial charge is 0.357 e. The molecule has 3 heterocycles. The first-order valence-corrected chi connectivity index (χ1v) is 10.9. The van der Waals surface area contributed by atoms with Crippen LogP contribution in [-0.4, -0.2) is 92.2 Å². The molecule has 2 fully saturated rings. The van der Waals surface area contributed by atoms with Gasteiger partial charge >= 0.3 is 0 Å². The van der Waals surface area contributed by atoms with Crippen LogP contribution in [0.15, 0.2) is 23.3 Å². The van der Waals surface area contributed by atoms with Crippen LogP contribution in [0.5, 0.6) is 0 Å². The lowest BCUT2D eigenvalue weighted by Crippen LogP contribution is -2.47. The number of rotatable bonds is 7. The normalized spacial score (nSPS) is 21.9. The molecule has 0 aliphatic carbocycles. The van der Waals surface area contributed by atoms with Crippen LogP contribution in [0.4, 0.5) is 5.82 Å². The molecule has 7 nitrogen and oxygen atoms in total. The van der Waals surface area contributed by atoms with Crippen LogP contribution in [0.2, 0.25) is 5.02 Å². The summed E-state index contributed by atoms with van der Waals surface area (Å²) in [5, 5.41) is 7.69. The van der Waals surface area contributed by atoms with Crippen molar-refractivity contribution in [3.05, 3.63) is 23.4 Å². The summed E-state index contributed by atoms with van der Waals surface area (Å²) < 4.78 is 0. The molecule has 0 bridgehead atoms. The number of likely N-dealkylation sites (N-methyl/N-ethyl adjacent to an activating group) is 1. The lowest BCUT2D eigenvalue weighted by molar-refractivity contribution is 0.140. The first-order valence-electron chi connectivity index (χ1n) is 10.5. The number of aromatic nitrogens is 1. The number of aliphatic imine (C=N–C) groups is 1. The van der Waals surface area contributed by atoms with Crippen molar-refractivity contribution in [3.8, 4) is 0 Å². The lowest BCUT2D eigenvalue weighted by Gasteiger charge is -2.33. The van der Waals surface area contributed by atoms with Crippen LogP contribution in [-0.2, 0) is 0 Å². The minimum absolute atomic E-state index is 0.351. The van der Waals surface area contributed by atoms with Gasteiger partial charge in [-0.2, -0.15) is 0 Å². The van der Waals surface area contributed by atoms with Gasteiger partial charge in [0.25, 0.3) is 0 Å². The second-order valence-corrected chi connectivity index (χ2v) is 7.83. The van der Waals surface area contributed by atoms with Crippen molar-refractivity contribution >= 4 is 23.4 Å². The zero-order valence-electron chi connectivity index (χ0n) is 17.2. The van der Waals surface area contributed by atoms with Gasteiger partial charge in [0.2, 0.25) is 0 Å². The van der Waals surface area contributed by atoms with E-state index in [0.717, 1.165) is 70.6 Å². The smallest absolute Gasteiger partial charge is 0.191 e. The molecule has 8 heteroatoms. The maximum Gasteiger partial charge on any atom is 0.191 e. The van der Waals surface area contributed by atoms with Gasteiger partial charge in [-0.15, -0.1) is 0 Å². The monoisotopic (exact) mass is 407 g/mol. The average molecular weight is 408 g/mol. The number of hydrogen-bond acceptors (Lipinski definition) is 5. The van der Waals surface area contributed by atoms with Crippen molar-refractivity contribution in [2.75, 3.05) is 70.3 Å². The highest BCUT2D eigenvalue weighted by Crippen LogP contribution is 2.25. The molecule has 2 saturated heterocycles. The molecule has 3 rings (SSSR count). The highest BCUT2D eigenvalue weighted by Gasteiger charge is 2.25. The molecule has 2 aliphatic heterocycles. The summed E-state index contributed by atoms with van der Waals surface area (Å²) in [6, 6.07) is 4.12. The Hall–Kier alpha value is -1.57. The van der Waals surface area contributed by atoms with E-state index in [0.29, 0.717) is 11.1 Å². The molecule has 2 N–H and O–H groups in total. The van der Waals surface area contributed by atoms with E-state index >= 15 is 0 Å². The minimum Gasteiger partial charge on any atom is -0.357 e. The molecule has 0 radical (unpaired) electrons. The first kappa shape index (κ1) is 21.1. The third-order valence-corrected chi connectivity index (χ3v) is 5.81. The summed E-state index contributed by atoms with van der Waals surface area (Å²) in [5.74, 6) is 1.79. The van der Waals surface area contributed by atoms with Gasteiger partial charge in [0.05, 0.1) is 11.6 Å². The Balaban J connectivity index is 1.46.